The predicted octanol–water partition coefficient (Wildman–Crippen LogP) is 1.05. The molecule has 1 aliphatic rings. The van der Waals surface area contributed by atoms with Gasteiger partial charge in [-0.25, -0.2) is 0 Å². The molecule has 1 saturated heterocycles. The molecule has 1 atom stereocenters. The third-order valence-electron chi connectivity index (χ3n) is 2.73. The zero-order valence-corrected chi connectivity index (χ0v) is 9.66. The average molecular weight is 213 g/mol. The van der Waals surface area contributed by atoms with E-state index in [0.717, 1.165) is 13.0 Å². The molecule has 0 aromatic rings. The van der Waals surface area contributed by atoms with Crippen LogP contribution in [0.2, 0.25) is 0 Å². The van der Waals surface area contributed by atoms with Crippen LogP contribution in [0.4, 0.5) is 0 Å². The normalized spacial score (nSPS) is 21.2. The fraction of sp³-hybridized carbons (Fsp3) is 0.818. The lowest BCUT2D eigenvalue weighted by Gasteiger charge is -2.17. The maximum Gasteiger partial charge on any atom is 0.310 e. The van der Waals surface area contributed by atoms with Crippen molar-refractivity contribution in [2.24, 2.45) is 11.8 Å². The van der Waals surface area contributed by atoms with Crippen LogP contribution < -0.4 is 0 Å². The molecule has 1 heterocycles. The first kappa shape index (κ1) is 12.0. The first-order valence-electron chi connectivity index (χ1n) is 5.40. The lowest BCUT2D eigenvalue weighted by Crippen LogP contribution is -2.28. The zero-order chi connectivity index (χ0) is 11.4. The number of rotatable bonds is 4. The second-order valence-corrected chi connectivity index (χ2v) is 4.45. The number of nitrogens with zero attached hydrogens (tertiary/aromatic N) is 1. The standard InChI is InChI=1S/C11H19NO3/c1-8(2)4-5-12-7-9(6-10(12)13)11(14)15-3/h8-9H,4-7H2,1-3H3. The molecule has 1 rings (SSSR count). The molecule has 0 saturated carbocycles. The van der Waals surface area contributed by atoms with Crippen LogP contribution in [0.1, 0.15) is 26.7 Å². The summed E-state index contributed by atoms with van der Waals surface area (Å²) in [5.41, 5.74) is 0. The molecular formula is C11H19NO3. The number of hydrogen-bond acceptors (Lipinski definition) is 3. The highest BCUT2D eigenvalue weighted by atomic mass is 16.5. The van der Waals surface area contributed by atoms with Crippen LogP contribution in [-0.2, 0) is 14.3 Å². The van der Waals surface area contributed by atoms with Crippen molar-refractivity contribution in [1.29, 1.82) is 0 Å². The minimum Gasteiger partial charge on any atom is -0.469 e. The second-order valence-electron chi connectivity index (χ2n) is 4.45. The van der Waals surface area contributed by atoms with E-state index in [2.05, 4.69) is 18.6 Å². The summed E-state index contributed by atoms with van der Waals surface area (Å²) in [6, 6.07) is 0. The minimum absolute atomic E-state index is 0.0750. The van der Waals surface area contributed by atoms with Gasteiger partial charge in [0.15, 0.2) is 0 Å². The average Bonchev–Trinajstić information content (AvgIpc) is 2.55. The van der Waals surface area contributed by atoms with Crippen LogP contribution in [0.3, 0.4) is 0 Å². The fourth-order valence-corrected chi connectivity index (χ4v) is 1.73. The van der Waals surface area contributed by atoms with Gasteiger partial charge < -0.3 is 9.64 Å². The van der Waals surface area contributed by atoms with Crippen LogP contribution in [0.5, 0.6) is 0 Å². The van der Waals surface area contributed by atoms with Crippen LogP contribution in [0.15, 0.2) is 0 Å². The quantitative estimate of drug-likeness (QED) is 0.656. The highest BCUT2D eigenvalue weighted by Crippen LogP contribution is 2.19. The highest BCUT2D eigenvalue weighted by Gasteiger charge is 2.34. The molecule has 0 bridgehead atoms. The Morgan fingerprint density at radius 3 is 2.80 bits per heavy atom. The van der Waals surface area contributed by atoms with Gasteiger partial charge in [0.25, 0.3) is 0 Å². The maximum absolute atomic E-state index is 11.5. The van der Waals surface area contributed by atoms with Crippen LogP contribution in [0.25, 0.3) is 0 Å². The van der Waals surface area contributed by atoms with Gasteiger partial charge in [0.1, 0.15) is 0 Å². The molecule has 0 spiro atoms. The summed E-state index contributed by atoms with van der Waals surface area (Å²) in [5.74, 6) is 0.131. The van der Waals surface area contributed by atoms with E-state index in [1.807, 2.05) is 0 Å². The summed E-state index contributed by atoms with van der Waals surface area (Å²) < 4.78 is 4.64. The number of hydrogen-bond donors (Lipinski definition) is 0. The SMILES string of the molecule is COC(=O)C1CC(=O)N(CCC(C)C)C1. The van der Waals surface area contributed by atoms with Crippen LogP contribution in [0, 0.1) is 11.8 Å². The van der Waals surface area contributed by atoms with E-state index < -0.39 is 0 Å². The summed E-state index contributed by atoms with van der Waals surface area (Å²) in [4.78, 5) is 24.5. The highest BCUT2D eigenvalue weighted by molar-refractivity contribution is 5.86. The number of likely N-dealkylation sites (tertiary alicyclic amines) is 1. The first-order chi connectivity index (χ1) is 7.04. The molecule has 86 valence electrons. The number of amides is 1. The van der Waals surface area contributed by atoms with E-state index in [4.69, 9.17) is 0 Å². The van der Waals surface area contributed by atoms with Crippen molar-refractivity contribution < 1.29 is 14.3 Å². The van der Waals surface area contributed by atoms with E-state index >= 15 is 0 Å². The smallest absolute Gasteiger partial charge is 0.310 e. The van der Waals surface area contributed by atoms with Gasteiger partial charge in [0.05, 0.1) is 13.0 Å². The third-order valence-corrected chi connectivity index (χ3v) is 2.73. The zero-order valence-electron chi connectivity index (χ0n) is 9.66. The second kappa shape index (κ2) is 5.14. The summed E-state index contributed by atoms with van der Waals surface area (Å²) in [6.07, 6.45) is 1.30. The number of carbonyl (C=O) groups is 2. The summed E-state index contributed by atoms with van der Waals surface area (Å²) in [7, 11) is 1.36. The Morgan fingerprint density at radius 1 is 1.60 bits per heavy atom. The number of ether oxygens (including phenoxy) is 1. The third kappa shape index (κ3) is 3.22. The van der Waals surface area contributed by atoms with Gasteiger partial charge in [0, 0.05) is 19.5 Å². The van der Waals surface area contributed by atoms with E-state index in [9.17, 15) is 9.59 Å². The van der Waals surface area contributed by atoms with Gasteiger partial charge in [-0.05, 0) is 12.3 Å². The van der Waals surface area contributed by atoms with Gasteiger partial charge in [-0.1, -0.05) is 13.8 Å². The largest absolute Gasteiger partial charge is 0.469 e. The molecule has 1 amide bonds. The molecule has 15 heavy (non-hydrogen) atoms. The molecule has 4 heteroatoms. The Morgan fingerprint density at radius 2 is 2.27 bits per heavy atom. The summed E-state index contributed by atoms with van der Waals surface area (Å²) >= 11 is 0. The summed E-state index contributed by atoms with van der Waals surface area (Å²) in [6.45, 7) is 5.53. The van der Waals surface area contributed by atoms with E-state index in [-0.39, 0.29) is 17.8 Å². The van der Waals surface area contributed by atoms with Crippen molar-refractivity contribution in [3.63, 3.8) is 0 Å². The topological polar surface area (TPSA) is 46.6 Å². The van der Waals surface area contributed by atoms with Crippen molar-refractivity contribution in [1.82, 2.24) is 4.90 Å². The minimum atomic E-state index is -0.268. The number of esters is 1. The van der Waals surface area contributed by atoms with Crippen LogP contribution in [-0.4, -0.2) is 37.0 Å². The molecule has 4 nitrogen and oxygen atoms in total. The maximum atomic E-state index is 11.5. The number of carbonyl (C=O) groups excluding carboxylic acids is 2. The molecule has 0 radical (unpaired) electrons. The van der Waals surface area contributed by atoms with Crippen molar-refractivity contribution in [2.75, 3.05) is 20.2 Å². The molecule has 1 unspecified atom stereocenters. The summed E-state index contributed by atoms with van der Waals surface area (Å²) in [5, 5.41) is 0. The van der Waals surface area contributed by atoms with Crippen LogP contribution >= 0.6 is 0 Å². The van der Waals surface area contributed by atoms with Gasteiger partial charge in [0.2, 0.25) is 5.91 Å². The molecule has 1 fully saturated rings. The monoisotopic (exact) mass is 213 g/mol. The van der Waals surface area contributed by atoms with Crippen molar-refractivity contribution in [2.45, 2.75) is 26.7 Å². The van der Waals surface area contributed by atoms with Crippen molar-refractivity contribution >= 4 is 11.9 Å². The molecule has 0 aromatic carbocycles. The molecule has 1 aliphatic heterocycles. The van der Waals surface area contributed by atoms with Gasteiger partial charge >= 0.3 is 5.97 Å². The molecule has 0 N–H and O–H groups in total. The molecule has 0 aliphatic carbocycles. The van der Waals surface area contributed by atoms with E-state index in [1.165, 1.54) is 7.11 Å². The van der Waals surface area contributed by atoms with Crippen molar-refractivity contribution in [3.8, 4) is 0 Å². The Kier molecular flexibility index (Phi) is 4.12. The lowest BCUT2D eigenvalue weighted by atomic mass is 10.1. The Bertz CT molecular complexity index is 250. The molecule has 0 aromatic heterocycles. The Hall–Kier alpha value is -1.06. The fourth-order valence-electron chi connectivity index (χ4n) is 1.73. The van der Waals surface area contributed by atoms with Gasteiger partial charge in [-0.15, -0.1) is 0 Å². The Balaban J connectivity index is 2.42. The van der Waals surface area contributed by atoms with E-state index in [1.54, 1.807) is 4.90 Å². The van der Waals surface area contributed by atoms with Crippen molar-refractivity contribution in [3.05, 3.63) is 0 Å². The predicted molar refractivity (Wildman–Crippen MR) is 56.2 cm³/mol. The Labute approximate surface area is 90.6 Å². The van der Waals surface area contributed by atoms with Gasteiger partial charge in [-0.2, -0.15) is 0 Å². The lowest BCUT2D eigenvalue weighted by molar-refractivity contribution is -0.145. The first-order valence-corrected chi connectivity index (χ1v) is 5.40. The van der Waals surface area contributed by atoms with Gasteiger partial charge in [-0.3, -0.25) is 9.59 Å². The molecular weight excluding hydrogens is 194 g/mol. The van der Waals surface area contributed by atoms with E-state index in [0.29, 0.717) is 18.9 Å². The number of methoxy groups -OCH3 is 1.